The van der Waals surface area contributed by atoms with E-state index in [-0.39, 0.29) is 5.69 Å². The number of pyridine rings is 1. The van der Waals surface area contributed by atoms with Gasteiger partial charge in [-0.15, -0.1) is 0 Å². The summed E-state index contributed by atoms with van der Waals surface area (Å²) in [5.74, 6) is -1.15. The minimum atomic E-state index is -0.575. The number of aryl methyl sites for hydroxylation is 1. The number of hydrogen-bond acceptors (Lipinski definition) is 3. The molecule has 2 N–H and O–H groups in total. The number of benzene rings is 1. The summed E-state index contributed by atoms with van der Waals surface area (Å²) in [5.41, 5.74) is 7.58. The molecule has 2 rings (SSSR count). The molecule has 0 atom stereocenters. The van der Waals surface area contributed by atoms with Crippen molar-refractivity contribution in [3.63, 3.8) is 0 Å². The Bertz CT molecular complexity index is 606. The fraction of sp³-hybridized carbons (Fsp3) is 0.312. The molecule has 1 aromatic carbocycles. The van der Waals surface area contributed by atoms with E-state index in [1.165, 1.54) is 17.0 Å². The number of nitrogens with two attached hydrogens (primary N) is 1. The number of aromatic nitrogens is 1. The molecule has 0 radical (unpaired) electrons. The minimum Gasteiger partial charge on any atom is -0.364 e. The van der Waals surface area contributed by atoms with E-state index in [0.29, 0.717) is 25.1 Å². The average molecular weight is 291 g/mol. The van der Waals surface area contributed by atoms with Crippen LogP contribution in [0.2, 0.25) is 0 Å². The van der Waals surface area contributed by atoms with Crippen molar-refractivity contribution >= 4 is 5.69 Å². The molecular weight excluding hydrogens is 272 g/mol. The molecule has 2 aromatic rings. The Hall–Kier alpha value is -2.01. The summed E-state index contributed by atoms with van der Waals surface area (Å²) >= 11 is 0. The molecule has 21 heavy (non-hydrogen) atoms. The number of nitrogens with zero attached hydrogens (tertiary/aromatic N) is 2. The standard InChI is InChI=1S/C16H19F2N3/c1-11-4-3-5-13(20-11)10-21(2)16-14(17)8-12(6-7-19)9-15(16)18/h3-5,8-9H,6-7,10,19H2,1-2H3. The second-order valence-corrected chi connectivity index (χ2v) is 5.07. The molecule has 0 aliphatic rings. The maximum atomic E-state index is 14.1. The lowest BCUT2D eigenvalue weighted by Crippen LogP contribution is -2.20. The average Bonchev–Trinajstić information content (AvgIpc) is 2.38. The smallest absolute Gasteiger partial charge is 0.149 e. The Labute approximate surface area is 123 Å². The third kappa shape index (κ3) is 3.76. The van der Waals surface area contributed by atoms with E-state index in [1.54, 1.807) is 7.05 Å². The first kappa shape index (κ1) is 15.4. The lowest BCUT2D eigenvalue weighted by atomic mass is 10.1. The van der Waals surface area contributed by atoms with E-state index >= 15 is 0 Å². The van der Waals surface area contributed by atoms with Crippen molar-refractivity contribution in [3.05, 3.63) is 58.9 Å². The second kappa shape index (κ2) is 6.63. The number of anilines is 1. The molecule has 3 nitrogen and oxygen atoms in total. The lowest BCUT2D eigenvalue weighted by Gasteiger charge is -2.21. The Balaban J connectivity index is 2.24. The van der Waals surface area contributed by atoms with Gasteiger partial charge in [-0.1, -0.05) is 6.07 Å². The molecule has 0 unspecified atom stereocenters. The number of rotatable bonds is 5. The van der Waals surface area contributed by atoms with Crippen LogP contribution < -0.4 is 10.6 Å². The minimum absolute atomic E-state index is 0.0425. The predicted molar refractivity (Wildman–Crippen MR) is 80.2 cm³/mol. The first-order valence-electron chi connectivity index (χ1n) is 6.83. The van der Waals surface area contributed by atoms with Gasteiger partial charge in [0.25, 0.3) is 0 Å². The molecule has 0 fully saturated rings. The maximum Gasteiger partial charge on any atom is 0.149 e. The van der Waals surface area contributed by atoms with Crippen molar-refractivity contribution in [1.29, 1.82) is 0 Å². The van der Waals surface area contributed by atoms with Gasteiger partial charge in [0.2, 0.25) is 0 Å². The van der Waals surface area contributed by atoms with Crippen molar-refractivity contribution in [1.82, 2.24) is 4.98 Å². The van der Waals surface area contributed by atoms with Gasteiger partial charge < -0.3 is 10.6 Å². The van der Waals surface area contributed by atoms with Crippen LogP contribution in [0.4, 0.5) is 14.5 Å². The summed E-state index contributed by atoms with van der Waals surface area (Å²) in [6.07, 6.45) is 0.456. The molecule has 1 heterocycles. The Morgan fingerprint density at radius 3 is 2.43 bits per heavy atom. The monoisotopic (exact) mass is 291 g/mol. The Kier molecular flexibility index (Phi) is 4.85. The molecule has 0 amide bonds. The molecule has 1 aromatic heterocycles. The van der Waals surface area contributed by atoms with Gasteiger partial charge in [0.15, 0.2) is 0 Å². The van der Waals surface area contributed by atoms with E-state index in [0.717, 1.165) is 11.4 Å². The summed E-state index contributed by atoms with van der Waals surface area (Å²) in [5, 5.41) is 0. The molecule has 0 aliphatic carbocycles. The quantitative estimate of drug-likeness (QED) is 0.921. The maximum absolute atomic E-state index is 14.1. The summed E-state index contributed by atoms with van der Waals surface area (Å²) < 4.78 is 28.2. The van der Waals surface area contributed by atoms with Gasteiger partial charge in [-0.25, -0.2) is 8.78 Å². The first-order valence-corrected chi connectivity index (χ1v) is 6.83. The van der Waals surface area contributed by atoms with Gasteiger partial charge in [-0.2, -0.15) is 0 Å². The summed E-state index contributed by atoms with van der Waals surface area (Å²) in [4.78, 5) is 5.87. The van der Waals surface area contributed by atoms with Crippen molar-refractivity contribution in [2.75, 3.05) is 18.5 Å². The zero-order valence-electron chi connectivity index (χ0n) is 12.2. The molecule has 0 bridgehead atoms. The normalized spacial score (nSPS) is 10.7. The van der Waals surface area contributed by atoms with E-state index in [2.05, 4.69) is 4.98 Å². The van der Waals surface area contributed by atoms with Crippen LogP contribution in [0.1, 0.15) is 17.0 Å². The van der Waals surface area contributed by atoms with Crippen molar-refractivity contribution in [2.24, 2.45) is 5.73 Å². The van der Waals surface area contributed by atoms with E-state index < -0.39 is 11.6 Å². The zero-order chi connectivity index (χ0) is 15.4. The van der Waals surface area contributed by atoms with E-state index in [4.69, 9.17) is 5.73 Å². The molecule has 0 saturated carbocycles. The SMILES string of the molecule is Cc1cccc(CN(C)c2c(F)cc(CCN)cc2F)n1. The van der Waals surface area contributed by atoms with Crippen molar-refractivity contribution in [3.8, 4) is 0 Å². The van der Waals surface area contributed by atoms with Crippen molar-refractivity contribution in [2.45, 2.75) is 19.9 Å². The highest BCUT2D eigenvalue weighted by atomic mass is 19.1. The molecule has 5 heteroatoms. The Morgan fingerprint density at radius 2 is 1.86 bits per heavy atom. The molecular formula is C16H19F2N3. The largest absolute Gasteiger partial charge is 0.364 e. The second-order valence-electron chi connectivity index (χ2n) is 5.07. The van der Waals surface area contributed by atoms with Gasteiger partial charge in [-0.3, -0.25) is 4.98 Å². The highest BCUT2D eigenvalue weighted by Crippen LogP contribution is 2.25. The highest BCUT2D eigenvalue weighted by molar-refractivity contribution is 5.50. The summed E-state index contributed by atoms with van der Waals surface area (Å²) in [6, 6.07) is 8.27. The summed E-state index contributed by atoms with van der Waals surface area (Å²) in [6.45, 7) is 2.58. The van der Waals surface area contributed by atoms with E-state index in [9.17, 15) is 8.78 Å². The molecule has 0 saturated heterocycles. The van der Waals surface area contributed by atoms with Crippen LogP contribution in [0.3, 0.4) is 0 Å². The van der Waals surface area contributed by atoms with Crippen LogP contribution in [-0.2, 0) is 13.0 Å². The third-order valence-electron chi connectivity index (χ3n) is 3.24. The van der Waals surface area contributed by atoms with Gasteiger partial charge in [0, 0.05) is 12.7 Å². The van der Waals surface area contributed by atoms with Crippen molar-refractivity contribution < 1.29 is 8.78 Å². The van der Waals surface area contributed by atoms with Crippen LogP contribution in [0.25, 0.3) is 0 Å². The van der Waals surface area contributed by atoms with Gasteiger partial charge in [-0.05, 0) is 49.7 Å². The Morgan fingerprint density at radius 1 is 1.19 bits per heavy atom. The number of hydrogen-bond donors (Lipinski definition) is 1. The van der Waals surface area contributed by atoms with Crippen LogP contribution in [0.5, 0.6) is 0 Å². The van der Waals surface area contributed by atoms with E-state index in [1.807, 2.05) is 25.1 Å². The van der Waals surface area contributed by atoms with Gasteiger partial charge >= 0.3 is 0 Å². The van der Waals surface area contributed by atoms with Crippen LogP contribution in [-0.4, -0.2) is 18.6 Å². The zero-order valence-corrected chi connectivity index (χ0v) is 12.2. The lowest BCUT2D eigenvalue weighted by molar-refractivity contribution is 0.572. The fourth-order valence-corrected chi connectivity index (χ4v) is 2.30. The summed E-state index contributed by atoms with van der Waals surface area (Å²) in [7, 11) is 1.65. The first-order chi connectivity index (χ1) is 10.0. The molecule has 0 aliphatic heterocycles. The van der Waals surface area contributed by atoms with Crippen LogP contribution >= 0.6 is 0 Å². The predicted octanol–water partition coefficient (Wildman–Crippen LogP) is 2.81. The van der Waals surface area contributed by atoms with Gasteiger partial charge in [0.1, 0.15) is 17.3 Å². The fourth-order valence-electron chi connectivity index (χ4n) is 2.30. The molecule has 112 valence electrons. The third-order valence-corrected chi connectivity index (χ3v) is 3.24. The van der Waals surface area contributed by atoms with Crippen LogP contribution in [0, 0.1) is 18.6 Å². The number of halogens is 2. The van der Waals surface area contributed by atoms with Gasteiger partial charge in [0.05, 0.1) is 12.2 Å². The topological polar surface area (TPSA) is 42.1 Å². The van der Waals surface area contributed by atoms with Crippen LogP contribution in [0.15, 0.2) is 30.3 Å². The molecule has 0 spiro atoms. The highest BCUT2D eigenvalue weighted by Gasteiger charge is 2.16.